The number of nitrogens with one attached hydrogen (secondary N) is 1. The van der Waals surface area contributed by atoms with Crippen molar-refractivity contribution in [1.29, 1.82) is 0 Å². The standard InChI is InChI=1S/C21H31N5O4/c27-20(5-4-10-22-18-6-8-19(9-7-18)26(29)30)25-15-13-23(14-16-25)17-21(28)24-11-2-1-3-12-24/h6-9,22H,1-5,10-17H2. The lowest BCUT2D eigenvalue weighted by Crippen LogP contribution is -2.52. The van der Waals surface area contributed by atoms with Gasteiger partial charge in [-0.25, -0.2) is 0 Å². The molecule has 164 valence electrons. The van der Waals surface area contributed by atoms with Crippen LogP contribution < -0.4 is 5.32 Å². The number of likely N-dealkylation sites (tertiary alicyclic amines) is 1. The predicted octanol–water partition coefficient (Wildman–Crippen LogP) is 1.94. The number of hydrogen-bond donors (Lipinski definition) is 1. The number of non-ortho nitro benzene ring substituents is 1. The molecule has 0 unspecified atom stereocenters. The zero-order chi connectivity index (χ0) is 21.3. The second-order valence-electron chi connectivity index (χ2n) is 7.93. The molecule has 0 aromatic heterocycles. The van der Waals surface area contributed by atoms with Crippen molar-refractivity contribution in [3.63, 3.8) is 0 Å². The summed E-state index contributed by atoms with van der Waals surface area (Å²) < 4.78 is 0. The van der Waals surface area contributed by atoms with Gasteiger partial charge in [0.05, 0.1) is 11.5 Å². The molecule has 3 rings (SSSR count). The maximum Gasteiger partial charge on any atom is 0.269 e. The van der Waals surface area contributed by atoms with Gasteiger partial charge in [-0.1, -0.05) is 0 Å². The monoisotopic (exact) mass is 417 g/mol. The first-order valence-corrected chi connectivity index (χ1v) is 10.8. The van der Waals surface area contributed by atoms with E-state index in [0.717, 1.165) is 44.7 Å². The quantitative estimate of drug-likeness (QED) is 0.394. The van der Waals surface area contributed by atoms with Crippen molar-refractivity contribution in [3.8, 4) is 0 Å². The van der Waals surface area contributed by atoms with Crippen LogP contribution >= 0.6 is 0 Å². The van der Waals surface area contributed by atoms with Crippen LogP contribution in [0.1, 0.15) is 32.1 Å². The number of nitro groups is 1. The molecule has 9 heteroatoms. The van der Waals surface area contributed by atoms with Crippen molar-refractivity contribution >= 4 is 23.2 Å². The van der Waals surface area contributed by atoms with E-state index in [0.29, 0.717) is 39.0 Å². The normalized spacial score (nSPS) is 17.6. The van der Waals surface area contributed by atoms with Gasteiger partial charge in [0.1, 0.15) is 0 Å². The van der Waals surface area contributed by atoms with Gasteiger partial charge in [-0.3, -0.25) is 24.6 Å². The van der Waals surface area contributed by atoms with Gasteiger partial charge in [0.25, 0.3) is 5.69 Å². The molecule has 2 heterocycles. The molecule has 1 aromatic rings. The fourth-order valence-electron chi connectivity index (χ4n) is 3.92. The molecule has 0 spiro atoms. The third kappa shape index (κ3) is 6.41. The summed E-state index contributed by atoms with van der Waals surface area (Å²) in [5.41, 5.74) is 0.868. The van der Waals surface area contributed by atoms with E-state index < -0.39 is 4.92 Å². The molecule has 2 aliphatic rings. The Balaban J connectivity index is 1.30. The molecule has 2 aliphatic heterocycles. The van der Waals surface area contributed by atoms with Gasteiger partial charge in [-0.2, -0.15) is 0 Å². The first kappa shape index (κ1) is 22.0. The molecule has 0 aliphatic carbocycles. The average molecular weight is 418 g/mol. The lowest BCUT2D eigenvalue weighted by molar-refractivity contribution is -0.384. The Morgan fingerprint density at radius 3 is 2.17 bits per heavy atom. The van der Waals surface area contributed by atoms with E-state index in [1.54, 1.807) is 12.1 Å². The fourth-order valence-corrected chi connectivity index (χ4v) is 3.92. The lowest BCUT2D eigenvalue weighted by atomic mass is 10.1. The first-order chi connectivity index (χ1) is 14.5. The highest BCUT2D eigenvalue weighted by atomic mass is 16.6. The highest BCUT2D eigenvalue weighted by Gasteiger charge is 2.24. The Morgan fingerprint density at radius 2 is 1.53 bits per heavy atom. The van der Waals surface area contributed by atoms with E-state index in [1.807, 2.05) is 9.80 Å². The number of nitrogens with zero attached hydrogens (tertiary/aromatic N) is 4. The summed E-state index contributed by atoms with van der Waals surface area (Å²) in [5.74, 6) is 0.356. The molecule has 2 saturated heterocycles. The van der Waals surface area contributed by atoms with Crippen LogP contribution in [-0.2, 0) is 9.59 Å². The molecule has 0 atom stereocenters. The minimum absolute atomic E-state index is 0.0625. The number of piperazine rings is 1. The maximum absolute atomic E-state index is 12.4. The summed E-state index contributed by atoms with van der Waals surface area (Å²) in [6, 6.07) is 6.26. The number of benzene rings is 1. The van der Waals surface area contributed by atoms with Gasteiger partial charge < -0.3 is 15.1 Å². The molecular weight excluding hydrogens is 386 g/mol. The minimum atomic E-state index is -0.425. The zero-order valence-electron chi connectivity index (χ0n) is 17.4. The number of nitro benzene ring substituents is 1. The Bertz CT molecular complexity index is 725. The fraction of sp³-hybridized carbons (Fsp3) is 0.619. The summed E-state index contributed by atoms with van der Waals surface area (Å²) in [5, 5.41) is 13.8. The lowest BCUT2D eigenvalue weighted by Gasteiger charge is -2.36. The van der Waals surface area contributed by atoms with Crippen LogP contribution in [0.15, 0.2) is 24.3 Å². The van der Waals surface area contributed by atoms with Crippen LogP contribution in [0.4, 0.5) is 11.4 Å². The van der Waals surface area contributed by atoms with Gasteiger partial charge in [-0.05, 0) is 37.8 Å². The highest BCUT2D eigenvalue weighted by molar-refractivity contribution is 5.78. The van der Waals surface area contributed by atoms with Gasteiger partial charge >= 0.3 is 0 Å². The third-order valence-electron chi connectivity index (χ3n) is 5.77. The largest absolute Gasteiger partial charge is 0.385 e. The number of anilines is 1. The Morgan fingerprint density at radius 1 is 0.900 bits per heavy atom. The molecule has 1 aromatic carbocycles. The third-order valence-corrected chi connectivity index (χ3v) is 5.77. The maximum atomic E-state index is 12.4. The van der Waals surface area contributed by atoms with Crippen molar-refractivity contribution in [3.05, 3.63) is 34.4 Å². The molecule has 0 radical (unpaired) electrons. The number of piperidine rings is 1. The van der Waals surface area contributed by atoms with E-state index in [2.05, 4.69) is 10.2 Å². The number of carbonyl (C=O) groups excluding carboxylic acids is 2. The van der Waals surface area contributed by atoms with Crippen LogP contribution in [-0.4, -0.2) is 83.8 Å². The molecule has 0 saturated carbocycles. The number of rotatable bonds is 8. The Labute approximate surface area is 177 Å². The molecule has 9 nitrogen and oxygen atoms in total. The van der Waals surface area contributed by atoms with Crippen LogP contribution in [0, 0.1) is 10.1 Å². The van der Waals surface area contributed by atoms with Crippen molar-refractivity contribution in [2.24, 2.45) is 0 Å². The topological polar surface area (TPSA) is 99.0 Å². The zero-order valence-corrected chi connectivity index (χ0v) is 17.4. The van der Waals surface area contributed by atoms with Crippen molar-refractivity contribution < 1.29 is 14.5 Å². The van der Waals surface area contributed by atoms with Crippen LogP contribution in [0.3, 0.4) is 0 Å². The van der Waals surface area contributed by atoms with Crippen LogP contribution in [0.5, 0.6) is 0 Å². The van der Waals surface area contributed by atoms with Gasteiger partial charge in [-0.15, -0.1) is 0 Å². The van der Waals surface area contributed by atoms with E-state index >= 15 is 0 Å². The summed E-state index contributed by atoms with van der Waals surface area (Å²) in [4.78, 5) is 41.1. The number of hydrogen-bond acceptors (Lipinski definition) is 6. The molecule has 30 heavy (non-hydrogen) atoms. The second-order valence-corrected chi connectivity index (χ2v) is 7.93. The molecule has 2 amide bonds. The average Bonchev–Trinajstić information content (AvgIpc) is 2.78. The van der Waals surface area contributed by atoms with Gasteiger partial charge in [0.15, 0.2) is 0 Å². The van der Waals surface area contributed by atoms with E-state index in [4.69, 9.17) is 0 Å². The summed E-state index contributed by atoms with van der Waals surface area (Å²) >= 11 is 0. The van der Waals surface area contributed by atoms with Crippen molar-refractivity contribution in [2.45, 2.75) is 32.1 Å². The van der Waals surface area contributed by atoms with Crippen LogP contribution in [0.2, 0.25) is 0 Å². The van der Waals surface area contributed by atoms with Gasteiger partial charge in [0, 0.05) is 70.1 Å². The summed E-state index contributed by atoms with van der Waals surface area (Å²) in [7, 11) is 0. The van der Waals surface area contributed by atoms with E-state index in [9.17, 15) is 19.7 Å². The Kier molecular flexibility index (Phi) is 8.01. The van der Waals surface area contributed by atoms with Crippen LogP contribution in [0.25, 0.3) is 0 Å². The molecule has 1 N–H and O–H groups in total. The highest BCUT2D eigenvalue weighted by Crippen LogP contribution is 2.15. The van der Waals surface area contributed by atoms with Crippen molar-refractivity contribution in [2.75, 3.05) is 57.7 Å². The Hall–Kier alpha value is -2.68. The molecule has 2 fully saturated rings. The molecule has 0 bridgehead atoms. The van der Waals surface area contributed by atoms with Gasteiger partial charge in [0.2, 0.25) is 11.8 Å². The number of carbonyl (C=O) groups is 2. The molecular formula is C21H31N5O4. The predicted molar refractivity (Wildman–Crippen MR) is 114 cm³/mol. The van der Waals surface area contributed by atoms with Crippen molar-refractivity contribution in [1.82, 2.24) is 14.7 Å². The summed E-state index contributed by atoms with van der Waals surface area (Å²) in [6.45, 7) is 5.67. The smallest absolute Gasteiger partial charge is 0.269 e. The summed E-state index contributed by atoms with van der Waals surface area (Å²) in [6.07, 6.45) is 4.59. The number of amides is 2. The van der Waals surface area contributed by atoms with E-state index in [-0.39, 0.29) is 17.5 Å². The second kappa shape index (κ2) is 10.9. The minimum Gasteiger partial charge on any atom is -0.385 e. The van der Waals surface area contributed by atoms with E-state index in [1.165, 1.54) is 18.6 Å². The SMILES string of the molecule is O=C(CCCNc1ccc([N+](=O)[O-])cc1)N1CCN(CC(=O)N2CCCCC2)CC1. The first-order valence-electron chi connectivity index (χ1n) is 10.8.